The third kappa shape index (κ3) is 4.76. The molecule has 0 aliphatic carbocycles. The quantitative estimate of drug-likeness (QED) is 0.444. The van der Waals surface area contributed by atoms with Crippen molar-refractivity contribution in [2.75, 3.05) is 24.6 Å². The first-order valence-corrected chi connectivity index (χ1v) is 14.6. The topological polar surface area (TPSA) is 99.8 Å². The molecule has 3 aromatic rings. The molecule has 2 aromatic carbocycles. The van der Waals surface area contributed by atoms with Crippen LogP contribution in [-0.2, 0) is 14.4 Å². The first-order chi connectivity index (χ1) is 18.8. The molecule has 3 aliphatic heterocycles. The van der Waals surface area contributed by atoms with Crippen LogP contribution in [0.15, 0.2) is 52.3 Å². The standard InChI is InChI=1S/C27H23ClFN3O5S2/c28-14-4-9-18(37-13-19(33)31-10-2-1-3-11-31)17(12-14)20-21-23(38-24-22(20)39-27(36)30-24)26(35)32(25(21)34)16-7-5-15(29)6-8-16/h4-9,12,20-21,23H,1-3,10-11,13H2,(H,30,36)/t20-,21?,23?/m1/s1. The Bertz CT molecular complexity index is 1520. The Balaban J connectivity index is 1.39. The molecule has 8 nitrogen and oxygen atoms in total. The van der Waals surface area contributed by atoms with Gasteiger partial charge in [-0.25, -0.2) is 9.29 Å². The van der Waals surface area contributed by atoms with Crippen LogP contribution in [0, 0.1) is 11.7 Å². The molecule has 3 amide bonds. The highest BCUT2D eigenvalue weighted by molar-refractivity contribution is 8.00. The van der Waals surface area contributed by atoms with Crippen LogP contribution in [0.1, 0.15) is 35.6 Å². The van der Waals surface area contributed by atoms with Gasteiger partial charge in [0.2, 0.25) is 11.8 Å². The van der Waals surface area contributed by atoms with Gasteiger partial charge in [0.05, 0.1) is 16.6 Å². The van der Waals surface area contributed by atoms with E-state index in [9.17, 15) is 23.6 Å². The maximum Gasteiger partial charge on any atom is 0.305 e. The lowest BCUT2D eigenvalue weighted by atomic mass is 9.82. The van der Waals surface area contributed by atoms with Crippen LogP contribution in [0.5, 0.6) is 5.75 Å². The van der Waals surface area contributed by atoms with E-state index in [1.54, 1.807) is 23.1 Å². The van der Waals surface area contributed by atoms with Crippen molar-refractivity contribution in [1.29, 1.82) is 0 Å². The fraction of sp³-hybridized carbons (Fsp3) is 0.333. The number of likely N-dealkylation sites (tertiary alicyclic amines) is 1. The average molecular weight is 588 g/mol. The van der Waals surface area contributed by atoms with Crippen LogP contribution >= 0.6 is 34.7 Å². The zero-order valence-electron chi connectivity index (χ0n) is 20.5. The van der Waals surface area contributed by atoms with Crippen molar-refractivity contribution in [2.24, 2.45) is 5.92 Å². The molecular weight excluding hydrogens is 565 g/mol. The van der Waals surface area contributed by atoms with Gasteiger partial charge in [0.1, 0.15) is 16.8 Å². The van der Waals surface area contributed by atoms with E-state index >= 15 is 0 Å². The van der Waals surface area contributed by atoms with Crippen molar-refractivity contribution < 1.29 is 23.5 Å². The highest BCUT2D eigenvalue weighted by atomic mass is 35.5. The van der Waals surface area contributed by atoms with E-state index in [0.717, 1.165) is 47.3 Å². The van der Waals surface area contributed by atoms with Crippen molar-refractivity contribution in [1.82, 2.24) is 9.88 Å². The summed E-state index contributed by atoms with van der Waals surface area (Å²) in [5.41, 5.74) is 0.787. The minimum atomic E-state index is -0.870. The predicted molar refractivity (Wildman–Crippen MR) is 146 cm³/mol. The fourth-order valence-corrected chi connectivity index (χ4v) is 8.15. The summed E-state index contributed by atoms with van der Waals surface area (Å²) in [6.45, 7) is 1.19. The molecule has 2 saturated heterocycles. The Hall–Kier alpha value is -3.15. The van der Waals surface area contributed by atoms with E-state index in [1.165, 1.54) is 24.3 Å². The van der Waals surface area contributed by atoms with Crippen molar-refractivity contribution >= 4 is 58.1 Å². The van der Waals surface area contributed by atoms with Gasteiger partial charge < -0.3 is 14.6 Å². The van der Waals surface area contributed by atoms with E-state index in [4.69, 9.17) is 16.3 Å². The van der Waals surface area contributed by atoms with Crippen molar-refractivity contribution in [3.8, 4) is 5.75 Å². The number of aromatic amines is 1. The van der Waals surface area contributed by atoms with Gasteiger partial charge in [0, 0.05) is 34.5 Å². The molecule has 0 spiro atoms. The van der Waals surface area contributed by atoms with Crippen LogP contribution < -0.4 is 14.5 Å². The largest absolute Gasteiger partial charge is 0.483 e. The number of nitrogens with one attached hydrogen (secondary N) is 1. The average Bonchev–Trinajstić information content (AvgIpc) is 3.43. The number of H-pyrrole nitrogens is 1. The SMILES string of the molecule is O=C(COc1ccc(Cl)cc1[C@H]1c2sc(=O)[nH]c2SC2C(=O)N(c3ccc(F)cc3)C(=O)C21)N1CCCCC1. The summed E-state index contributed by atoms with van der Waals surface area (Å²) in [5, 5.41) is 0.0619. The molecule has 2 fully saturated rings. The zero-order valence-corrected chi connectivity index (χ0v) is 22.9. The van der Waals surface area contributed by atoms with Gasteiger partial charge in [-0.1, -0.05) is 34.7 Å². The Morgan fingerprint density at radius 3 is 2.54 bits per heavy atom. The minimum absolute atomic E-state index is 0.130. The van der Waals surface area contributed by atoms with Gasteiger partial charge >= 0.3 is 4.87 Å². The Kier molecular flexibility index (Phi) is 6.98. The molecule has 0 bridgehead atoms. The van der Waals surface area contributed by atoms with Crippen molar-refractivity contribution in [3.63, 3.8) is 0 Å². The molecule has 202 valence electrons. The summed E-state index contributed by atoms with van der Waals surface area (Å²) >= 11 is 8.51. The smallest absolute Gasteiger partial charge is 0.305 e. The lowest BCUT2D eigenvalue weighted by Crippen LogP contribution is -2.38. The van der Waals surface area contributed by atoms with E-state index < -0.39 is 34.7 Å². The first-order valence-electron chi connectivity index (χ1n) is 12.5. The second kappa shape index (κ2) is 10.4. The van der Waals surface area contributed by atoms with Crippen LogP contribution in [-0.4, -0.2) is 52.6 Å². The molecule has 3 aliphatic rings. The first kappa shape index (κ1) is 26.1. The molecule has 39 heavy (non-hydrogen) atoms. The van der Waals surface area contributed by atoms with Gasteiger partial charge in [-0.05, 0) is 61.7 Å². The van der Waals surface area contributed by atoms with E-state index in [-0.39, 0.29) is 23.1 Å². The van der Waals surface area contributed by atoms with Crippen LogP contribution in [0.2, 0.25) is 5.02 Å². The van der Waals surface area contributed by atoms with Crippen LogP contribution in [0.25, 0.3) is 0 Å². The van der Waals surface area contributed by atoms with Gasteiger partial charge in [0.15, 0.2) is 6.61 Å². The predicted octanol–water partition coefficient (Wildman–Crippen LogP) is 4.42. The number of anilines is 1. The Morgan fingerprint density at radius 1 is 1.05 bits per heavy atom. The third-order valence-corrected chi connectivity index (χ3v) is 9.91. The number of fused-ring (bicyclic) bond motifs is 2. The molecule has 0 radical (unpaired) electrons. The maximum atomic E-state index is 13.9. The number of carbonyl (C=O) groups is 3. The molecule has 12 heteroatoms. The second-order valence-electron chi connectivity index (χ2n) is 9.65. The van der Waals surface area contributed by atoms with Gasteiger partial charge in [-0.15, -0.1) is 0 Å². The number of rotatable bonds is 5. The number of ether oxygens (including phenoxy) is 1. The van der Waals surface area contributed by atoms with Crippen molar-refractivity contribution in [3.05, 3.63) is 73.4 Å². The number of imide groups is 1. The van der Waals surface area contributed by atoms with Gasteiger partial charge in [0.25, 0.3) is 5.91 Å². The number of halogens is 2. The fourth-order valence-electron chi connectivity index (χ4n) is 5.46. The number of aromatic nitrogens is 1. The van der Waals surface area contributed by atoms with E-state index in [0.29, 0.717) is 39.3 Å². The zero-order chi connectivity index (χ0) is 27.3. The second-order valence-corrected chi connectivity index (χ2v) is 12.3. The highest BCUT2D eigenvalue weighted by Gasteiger charge is 2.56. The number of amides is 3. The number of nitrogens with zero attached hydrogens (tertiary/aromatic N) is 2. The number of hydrogen-bond donors (Lipinski definition) is 1. The third-order valence-electron chi connectivity index (χ3n) is 7.28. The monoisotopic (exact) mass is 587 g/mol. The van der Waals surface area contributed by atoms with Gasteiger partial charge in [-0.2, -0.15) is 0 Å². The number of thioether (sulfide) groups is 1. The number of hydrogen-bond acceptors (Lipinski definition) is 7. The summed E-state index contributed by atoms with van der Waals surface area (Å²) in [7, 11) is 0. The minimum Gasteiger partial charge on any atom is -0.483 e. The number of carbonyl (C=O) groups excluding carboxylic acids is 3. The summed E-state index contributed by atoms with van der Waals surface area (Å²) in [5.74, 6) is -2.77. The maximum absolute atomic E-state index is 13.9. The lowest BCUT2D eigenvalue weighted by molar-refractivity contribution is -0.134. The molecule has 1 N–H and O–H groups in total. The molecule has 1 aromatic heterocycles. The van der Waals surface area contributed by atoms with Crippen LogP contribution in [0.3, 0.4) is 0 Å². The summed E-state index contributed by atoms with van der Waals surface area (Å²) in [6, 6.07) is 10.1. The van der Waals surface area contributed by atoms with Crippen LogP contribution in [0.4, 0.5) is 10.1 Å². The van der Waals surface area contributed by atoms with E-state index in [1.807, 2.05) is 0 Å². The summed E-state index contributed by atoms with van der Waals surface area (Å²) in [4.78, 5) is 58.6. The number of thiazole rings is 1. The number of piperidine rings is 1. The lowest BCUT2D eigenvalue weighted by Gasteiger charge is -2.31. The Morgan fingerprint density at radius 2 is 1.79 bits per heavy atom. The molecule has 2 unspecified atom stereocenters. The molecule has 6 rings (SSSR count). The molecule has 4 heterocycles. The number of benzene rings is 2. The molecule has 3 atom stereocenters. The summed E-state index contributed by atoms with van der Waals surface area (Å²) < 4.78 is 19.6. The normalized spacial score (nSPS) is 22.6. The summed E-state index contributed by atoms with van der Waals surface area (Å²) in [6.07, 6.45) is 3.00. The van der Waals surface area contributed by atoms with E-state index in [2.05, 4.69) is 4.98 Å². The Labute approximate surface area is 236 Å². The van der Waals surface area contributed by atoms with Gasteiger partial charge in [-0.3, -0.25) is 19.2 Å². The molecule has 0 saturated carbocycles. The molecular formula is C27H23ClFN3O5S2. The highest BCUT2D eigenvalue weighted by Crippen LogP contribution is 2.54. The van der Waals surface area contributed by atoms with Crippen molar-refractivity contribution in [2.45, 2.75) is 35.5 Å².